The molecule has 0 bridgehead atoms. The van der Waals surface area contributed by atoms with Crippen molar-refractivity contribution in [2.45, 2.75) is 6.42 Å². The monoisotopic (exact) mass is 380 g/mol. The molecule has 0 saturated heterocycles. The Morgan fingerprint density at radius 1 is 1.30 bits per heavy atom. The van der Waals surface area contributed by atoms with E-state index in [2.05, 4.69) is 27.3 Å². The second-order valence-corrected chi connectivity index (χ2v) is 6.10. The molecule has 3 rings (SSSR count). The summed E-state index contributed by atoms with van der Waals surface area (Å²) < 4.78 is 0. The molecular weight excluding hydrogens is 364 g/mol. The topological polar surface area (TPSA) is 90.4 Å². The number of rotatable bonds is 6. The van der Waals surface area contributed by atoms with Gasteiger partial charge < -0.3 is 5.11 Å². The number of allylic oxidation sites excluding steroid dienone is 1. The lowest BCUT2D eigenvalue weighted by atomic mass is 10.1. The highest BCUT2D eigenvalue weighted by Gasteiger charge is 2.12. The van der Waals surface area contributed by atoms with Crippen LogP contribution in [0.2, 0.25) is 5.02 Å². The molecule has 6 nitrogen and oxygen atoms in total. The Morgan fingerprint density at radius 2 is 2.11 bits per heavy atom. The molecule has 27 heavy (non-hydrogen) atoms. The molecule has 0 radical (unpaired) electrons. The van der Waals surface area contributed by atoms with Crippen molar-refractivity contribution in [3.63, 3.8) is 0 Å². The van der Waals surface area contributed by atoms with Gasteiger partial charge in [0.15, 0.2) is 0 Å². The Labute approximate surface area is 161 Å². The number of hydrogen-bond acceptors (Lipinski definition) is 4. The van der Waals surface area contributed by atoms with Crippen LogP contribution < -0.4 is 5.43 Å². The number of nitrogens with one attached hydrogen (secondary N) is 2. The number of nitrogens with zero attached hydrogens (tertiary/aromatic N) is 2. The van der Waals surface area contributed by atoms with Crippen LogP contribution in [0.25, 0.3) is 11.3 Å². The van der Waals surface area contributed by atoms with Crippen LogP contribution in [0.15, 0.2) is 66.3 Å². The minimum atomic E-state index is -0.459. The summed E-state index contributed by atoms with van der Waals surface area (Å²) in [7, 11) is 0. The first-order chi connectivity index (χ1) is 13.1. The van der Waals surface area contributed by atoms with E-state index in [4.69, 9.17) is 11.6 Å². The van der Waals surface area contributed by atoms with Gasteiger partial charge in [0.1, 0.15) is 11.4 Å². The number of carbonyl (C=O) groups is 1. The molecule has 1 aromatic heterocycles. The minimum absolute atomic E-state index is 0.109. The molecule has 0 aliphatic heterocycles. The molecule has 0 spiro atoms. The number of phenolic OH excluding ortho intramolecular Hbond substituents is 1. The molecule has 7 heteroatoms. The summed E-state index contributed by atoms with van der Waals surface area (Å²) in [5.41, 5.74) is 5.16. The number of carbonyl (C=O) groups excluding carboxylic acids is 1. The lowest BCUT2D eigenvalue weighted by molar-refractivity contribution is 0.0950. The van der Waals surface area contributed by atoms with Crippen LogP contribution in [0.1, 0.15) is 21.6 Å². The maximum absolute atomic E-state index is 12.2. The zero-order valence-corrected chi connectivity index (χ0v) is 15.1. The van der Waals surface area contributed by atoms with Crippen LogP contribution in [0.5, 0.6) is 5.75 Å². The fourth-order valence-corrected chi connectivity index (χ4v) is 2.73. The number of aromatic amines is 1. The Bertz CT molecular complexity index is 1010. The van der Waals surface area contributed by atoms with Crippen LogP contribution in [0, 0.1) is 0 Å². The van der Waals surface area contributed by atoms with Gasteiger partial charge in [-0.1, -0.05) is 48.0 Å². The third-order valence-corrected chi connectivity index (χ3v) is 4.19. The van der Waals surface area contributed by atoms with Gasteiger partial charge in [-0.3, -0.25) is 9.89 Å². The van der Waals surface area contributed by atoms with Crippen LogP contribution in [-0.2, 0) is 6.42 Å². The Balaban J connectivity index is 1.70. The standard InChI is InChI=1S/C20H17ClN4O2/c1-2-6-13-7-5-8-14(19(13)26)12-22-25-20(27)18-11-17(23-24-18)15-9-3-4-10-16(15)21/h2-5,7-12,26H,1,6H2,(H,23,24)(H,25,27)/b22-12+. The van der Waals surface area contributed by atoms with Gasteiger partial charge in [0.2, 0.25) is 0 Å². The van der Waals surface area contributed by atoms with E-state index in [1.165, 1.54) is 6.21 Å². The molecule has 0 aliphatic carbocycles. The highest BCUT2D eigenvalue weighted by Crippen LogP contribution is 2.26. The van der Waals surface area contributed by atoms with E-state index >= 15 is 0 Å². The number of phenols is 1. The van der Waals surface area contributed by atoms with Gasteiger partial charge >= 0.3 is 0 Å². The van der Waals surface area contributed by atoms with E-state index < -0.39 is 5.91 Å². The quantitative estimate of drug-likeness (QED) is 0.344. The first kappa shape index (κ1) is 18.4. The van der Waals surface area contributed by atoms with Gasteiger partial charge in [0.25, 0.3) is 5.91 Å². The van der Waals surface area contributed by atoms with Crippen molar-refractivity contribution in [2.24, 2.45) is 5.10 Å². The molecule has 3 aromatic rings. The van der Waals surface area contributed by atoms with Crippen molar-refractivity contribution in [3.05, 3.63) is 83.0 Å². The van der Waals surface area contributed by atoms with Crippen LogP contribution in [-0.4, -0.2) is 27.4 Å². The summed E-state index contributed by atoms with van der Waals surface area (Å²) in [6.07, 6.45) is 3.62. The van der Waals surface area contributed by atoms with Gasteiger partial charge in [-0.25, -0.2) is 5.43 Å². The summed E-state index contributed by atoms with van der Waals surface area (Å²) in [6, 6.07) is 14.1. The van der Waals surface area contributed by atoms with E-state index in [0.29, 0.717) is 22.7 Å². The number of H-pyrrole nitrogens is 1. The average molecular weight is 381 g/mol. The molecular formula is C20H17ClN4O2. The normalized spacial score (nSPS) is 10.9. The van der Waals surface area contributed by atoms with E-state index in [9.17, 15) is 9.90 Å². The highest BCUT2D eigenvalue weighted by molar-refractivity contribution is 6.33. The number of halogens is 1. The second kappa shape index (κ2) is 8.33. The van der Waals surface area contributed by atoms with Crippen molar-refractivity contribution >= 4 is 23.7 Å². The molecule has 0 saturated carbocycles. The molecule has 0 unspecified atom stereocenters. The predicted octanol–water partition coefficient (Wildman–Crippen LogP) is 3.93. The smallest absolute Gasteiger partial charge is 0.289 e. The average Bonchev–Trinajstić information content (AvgIpc) is 3.15. The van der Waals surface area contributed by atoms with Gasteiger partial charge in [-0.15, -0.1) is 6.58 Å². The van der Waals surface area contributed by atoms with Crippen LogP contribution in [0.4, 0.5) is 0 Å². The summed E-state index contributed by atoms with van der Waals surface area (Å²) in [5.74, 6) is -0.350. The van der Waals surface area contributed by atoms with Crippen molar-refractivity contribution in [1.82, 2.24) is 15.6 Å². The predicted molar refractivity (Wildman–Crippen MR) is 106 cm³/mol. The van der Waals surface area contributed by atoms with E-state index in [0.717, 1.165) is 11.1 Å². The molecule has 0 fully saturated rings. The Kier molecular flexibility index (Phi) is 5.68. The summed E-state index contributed by atoms with van der Waals surface area (Å²) in [5, 5.41) is 21.4. The van der Waals surface area contributed by atoms with Crippen molar-refractivity contribution in [3.8, 4) is 17.0 Å². The Hall–Kier alpha value is -3.38. The third kappa shape index (κ3) is 4.24. The van der Waals surface area contributed by atoms with Crippen molar-refractivity contribution in [2.75, 3.05) is 0 Å². The number of aromatic hydroxyl groups is 1. The van der Waals surface area contributed by atoms with Gasteiger partial charge in [-0.05, 0) is 30.2 Å². The van der Waals surface area contributed by atoms with E-state index in [1.54, 1.807) is 36.4 Å². The molecule has 2 aromatic carbocycles. The number of amides is 1. The highest BCUT2D eigenvalue weighted by atomic mass is 35.5. The minimum Gasteiger partial charge on any atom is -0.507 e. The molecule has 1 amide bonds. The maximum atomic E-state index is 12.2. The van der Waals surface area contributed by atoms with E-state index in [1.807, 2.05) is 18.2 Å². The summed E-state index contributed by atoms with van der Waals surface area (Å²) >= 11 is 6.14. The molecule has 136 valence electrons. The lowest BCUT2D eigenvalue weighted by Crippen LogP contribution is -2.18. The fraction of sp³-hybridized carbons (Fsp3) is 0.0500. The Morgan fingerprint density at radius 3 is 2.89 bits per heavy atom. The zero-order chi connectivity index (χ0) is 19.2. The molecule has 3 N–H and O–H groups in total. The number of para-hydroxylation sites is 1. The number of hydrogen-bond donors (Lipinski definition) is 3. The second-order valence-electron chi connectivity index (χ2n) is 5.69. The first-order valence-corrected chi connectivity index (χ1v) is 8.53. The first-order valence-electron chi connectivity index (χ1n) is 8.15. The van der Waals surface area contributed by atoms with Gasteiger partial charge in [0.05, 0.1) is 16.9 Å². The zero-order valence-electron chi connectivity index (χ0n) is 14.3. The van der Waals surface area contributed by atoms with Crippen LogP contribution >= 0.6 is 11.6 Å². The fourth-order valence-electron chi connectivity index (χ4n) is 2.50. The lowest BCUT2D eigenvalue weighted by Gasteiger charge is -2.04. The number of hydrazone groups is 1. The van der Waals surface area contributed by atoms with Gasteiger partial charge in [0, 0.05) is 11.1 Å². The maximum Gasteiger partial charge on any atom is 0.289 e. The molecule has 0 aliphatic rings. The third-order valence-electron chi connectivity index (χ3n) is 3.86. The van der Waals surface area contributed by atoms with Gasteiger partial charge in [-0.2, -0.15) is 10.2 Å². The summed E-state index contributed by atoms with van der Waals surface area (Å²) in [4.78, 5) is 12.2. The summed E-state index contributed by atoms with van der Waals surface area (Å²) in [6.45, 7) is 3.66. The largest absolute Gasteiger partial charge is 0.507 e. The number of aromatic nitrogens is 2. The van der Waals surface area contributed by atoms with E-state index in [-0.39, 0.29) is 11.4 Å². The molecule has 1 heterocycles. The molecule has 0 atom stereocenters. The van der Waals surface area contributed by atoms with Crippen molar-refractivity contribution in [1.29, 1.82) is 0 Å². The SMILES string of the molecule is C=CCc1cccc(/C=N/NC(=O)c2cc(-c3ccccc3Cl)n[nH]2)c1O. The number of benzene rings is 2. The van der Waals surface area contributed by atoms with Crippen molar-refractivity contribution < 1.29 is 9.90 Å². The van der Waals surface area contributed by atoms with Crippen LogP contribution in [0.3, 0.4) is 0 Å².